The minimum absolute atomic E-state index is 0.0575. The van der Waals surface area contributed by atoms with Crippen molar-refractivity contribution in [2.24, 2.45) is 0 Å². The van der Waals surface area contributed by atoms with E-state index >= 15 is 0 Å². The Balaban J connectivity index is 1.78. The van der Waals surface area contributed by atoms with Crippen molar-refractivity contribution in [1.29, 1.82) is 0 Å². The van der Waals surface area contributed by atoms with Crippen molar-refractivity contribution in [3.05, 3.63) is 0 Å². The minimum atomic E-state index is -0.814. The molecule has 2 saturated heterocycles. The van der Waals surface area contributed by atoms with Crippen molar-refractivity contribution < 1.29 is 19.4 Å². The third-order valence-corrected chi connectivity index (χ3v) is 3.50. The van der Waals surface area contributed by atoms with Crippen molar-refractivity contribution in [3.63, 3.8) is 0 Å². The van der Waals surface area contributed by atoms with E-state index in [-0.39, 0.29) is 18.6 Å². The highest BCUT2D eigenvalue weighted by Gasteiger charge is 2.29. The van der Waals surface area contributed by atoms with Crippen LogP contribution in [0.4, 0.5) is 0 Å². The molecule has 6 heteroatoms. The molecule has 18 heavy (non-hydrogen) atoms. The molecule has 0 saturated carbocycles. The molecule has 2 aliphatic rings. The minimum Gasteiger partial charge on any atom is -0.480 e. The number of rotatable bonds is 3. The van der Waals surface area contributed by atoms with Crippen LogP contribution in [0.2, 0.25) is 0 Å². The zero-order chi connectivity index (χ0) is 13.0. The number of aliphatic carboxylic acids is 1. The molecule has 1 amide bonds. The van der Waals surface area contributed by atoms with Gasteiger partial charge in [0.05, 0.1) is 6.54 Å². The fourth-order valence-electron chi connectivity index (χ4n) is 2.46. The molecule has 0 aliphatic carbocycles. The Hall–Kier alpha value is -1.14. The maximum atomic E-state index is 12.1. The lowest BCUT2D eigenvalue weighted by Crippen LogP contribution is -2.53. The number of carboxylic acid groups (broad SMARTS) is 1. The summed E-state index contributed by atoms with van der Waals surface area (Å²) in [6.45, 7) is 3.20. The molecule has 102 valence electrons. The van der Waals surface area contributed by atoms with Crippen molar-refractivity contribution >= 4 is 11.9 Å². The second-order valence-electron chi connectivity index (χ2n) is 4.85. The molecule has 2 fully saturated rings. The molecule has 6 nitrogen and oxygen atoms in total. The predicted octanol–water partition coefficient (Wildman–Crippen LogP) is -0.216. The lowest BCUT2D eigenvalue weighted by atomic mass is 10.1. The molecule has 0 radical (unpaired) electrons. The molecule has 0 spiro atoms. The summed E-state index contributed by atoms with van der Waals surface area (Å²) in [5.41, 5.74) is 0. The van der Waals surface area contributed by atoms with E-state index in [1.54, 1.807) is 4.90 Å². The summed E-state index contributed by atoms with van der Waals surface area (Å²) in [5, 5.41) is 8.70. The standard InChI is InChI=1S/C12H20N2O4/c15-11(16)9-13-4-6-14(7-5-13)12(17)10-3-1-2-8-18-10/h10H,1-9H2,(H,15,16). The normalized spacial score (nSPS) is 26.0. The number of amides is 1. The number of carboxylic acids is 1. The Kier molecular flexibility index (Phi) is 4.54. The van der Waals surface area contributed by atoms with Gasteiger partial charge in [0, 0.05) is 32.8 Å². The van der Waals surface area contributed by atoms with E-state index < -0.39 is 5.97 Å². The van der Waals surface area contributed by atoms with Crippen molar-refractivity contribution in [3.8, 4) is 0 Å². The number of carbonyl (C=O) groups is 2. The summed E-state index contributed by atoms with van der Waals surface area (Å²) in [6, 6.07) is 0. The van der Waals surface area contributed by atoms with Gasteiger partial charge in [-0.05, 0) is 19.3 Å². The zero-order valence-corrected chi connectivity index (χ0v) is 10.5. The van der Waals surface area contributed by atoms with Gasteiger partial charge < -0.3 is 14.7 Å². The number of ether oxygens (including phenoxy) is 1. The van der Waals surface area contributed by atoms with Gasteiger partial charge in [-0.15, -0.1) is 0 Å². The van der Waals surface area contributed by atoms with E-state index in [0.717, 1.165) is 19.3 Å². The molecular formula is C12H20N2O4. The molecule has 2 rings (SSSR count). The van der Waals surface area contributed by atoms with Crippen LogP contribution in [0.25, 0.3) is 0 Å². The van der Waals surface area contributed by atoms with Crippen molar-refractivity contribution in [2.75, 3.05) is 39.3 Å². The van der Waals surface area contributed by atoms with Crippen LogP contribution in [-0.4, -0.2) is 72.2 Å². The highest BCUT2D eigenvalue weighted by Crippen LogP contribution is 2.16. The molecule has 2 aliphatic heterocycles. The topological polar surface area (TPSA) is 70.1 Å². The Morgan fingerprint density at radius 2 is 1.89 bits per heavy atom. The van der Waals surface area contributed by atoms with Crippen LogP contribution in [0.15, 0.2) is 0 Å². The number of hydrogen-bond acceptors (Lipinski definition) is 4. The first-order valence-corrected chi connectivity index (χ1v) is 6.51. The summed E-state index contributed by atoms with van der Waals surface area (Å²) in [4.78, 5) is 26.4. The Morgan fingerprint density at radius 3 is 2.44 bits per heavy atom. The summed E-state index contributed by atoms with van der Waals surface area (Å²) in [5.74, 6) is -0.741. The first-order chi connectivity index (χ1) is 8.66. The quantitative estimate of drug-likeness (QED) is 0.756. The van der Waals surface area contributed by atoms with Gasteiger partial charge in [0.1, 0.15) is 6.10 Å². The summed E-state index contributed by atoms with van der Waals surface area (Å²) in [7, 11) is 0. The number of nitrogens with zero attached hydrogens (tertiary/aromatic N) is 2. The summed E-state index contributed by atoms with van der Waals surface area (Å²) < 4.78 is 5.49. The fourth-order valence-corrected chi connectivity index (χ4v) is 2.46. The lowest BCUT2D eigenvalue weighted by molar-refractivity contribution is -0.148. The Bertz CT molecular complexity index is 307. The van der Waals surface area contributed by atoms with Gasteiger partial charge in [-0.3, -0.25) is 14.5 Å². The number of carbonyl (C=O) groups excluding carboxylic acids is 1. The summed E-state index contributed by atoms with van der Waals surface area (Å²) in [6.07, 6.45) is 2.63. The molecule has 1 N–H and O–H groups in total. The lowest BCUT2D eigenvalue weighted by Gasteiger charge is -2.36. The highest BCUT2D eigenvalue weighted by molar-refractivity contribution is 5.81. The van der Waals surface area contributed by atoms with Gasteiger partial charge in [-0.25, -0.2) is 0 Å². The van der Waals surface area contributed by atoms with E-state index in [4.69, 9.17) is 9.84 Å². The van der Waals surface area contributed by atoms with Gasteiger partial charge >= 0.3 is 5.97 Å². The monoisotopic (exact) mass is 256 g/mol. The smallest absolute Gasteiger partial charge is 0.317 e. The van der Waals surface area contributed by atoms with E-state index in [2.05, 4.69) is 0 Å². The maximum absolute atomic E-state index is 12.1. The molecule has 0 aromatic rings. The van der Waals surface area contributed by atoms with E-state index in [0.29, 0.717) is 32.8 Å². The third-order valence-electron chi connectivity index (χ3n) is 3.50. The van der Waals surface area contributed by atoms with Crippen LogP contribution in [0, 0.1) is 0 Å². The second kappa shape index (κ2) is 6.15. The largest absolute Gasteiger partial charge is 0.480 e. The average Bonchev–Trinajstić information content (AvgIpc) is 2.39. The van der Waals surface area contributed by atoms with Crippen LogP contribution in [0.5, 0.6) is 0 Å². The van der Waals surface area contributed by atoms with Crippen LogP contribution >= 0.6 is 0 Å². The van der Waals surface area contributed by atoms with E-state index in [1.807, 2.05) is 4.90 Å². The molecule has 0 bridgehead atoms. The van der Waals surface area contributed by atoms with Crippen LogP contribution < -0.4 is 0 Å². The average molecular weight is 256 g/mol. The van der Waals surface area contributed by atoms with E-state index in [1.165, 1.54) is 0 Å². The molecule has 1 atom stereocenters. The van der Waals surface area contributed by atoms with Crippen LogP contribution in [0.1, 0.15) is 19.3 Å². The molecular weight excluding hydrogens is 236 g/mol. The van der Waals surface area contributed by atoms with Gasteiger partial charge in [-0.1, -0.05) is 0 Å². The zero-order valence-electron chi connectivity index (χ0n) is 10.5. The Morgan fingerprint density at radius 1 is 1.17 bits per heavy atom. The highest BCUT2D eigenvalue weighted by atomic mass is 16.5. The molecule has 0 aromatic carbocycles. The van der Waals surface area contributed by atoms with Gasteiger partial charge in [0.15, 0.2) is 0 Å². The van der Waals surface area contributed by atoms with Gasteiger partial charge in [0.25, 0.3) is 5.91 Å². The van der Waals surface area contributed by atoms with Gasteiger partial charge in [0.2, 0.25) is 0 Å². The molecule has 2 heterocycles. The Labute approximate surface area is 106 Å². The third kappa shape index (κ3) is 3.43. The van der Waals surface area contributed by atoms with Crippen LogP contribution in [-0.2, 0) is 14.3 Å². The van der Waals surface area contributed by atoms with Crippen molar-refractivity contribution in [2.45, 2.75) is 25.4 Å². The predicted molar refractivity (Wildman–Crippen MR) is 64.2 cm³/mol. The number of hydrogen-bond donors (Lipinski definition) is 1. The maximum Gasteiger partial charge on any atom is 0.317 e. The summed E-state index contributed by atoms with van der Waals surface area (Å²) >= 11 is 0. The fraction of sp³-hybridized carbons (Fsp3) is 0.833. The molecule has 0 aromatic heterocycles. The van der Waals surface area contributed by atoms with E-state index in [9.17, 15) is 9.59 Å². The first kappa shape index (κ1) is 13.3. The van der Waals surface area contributed by atoms with Crippen molar-refractivity contribution in [1.82, 2.24) is 9.80 Å². The second-order valence-corrected chi connectivity index (χ2v) is 4.85. The first-order valence-electron chi connectivity index (χ1n) is 6.51. The SMILES string of the molecule is O=C(O)CN1CCN(C(=O)C2CCCCO2)CC1. The van der Waals surface area contributed by atoms with Crippen LogP contribution in [0.3, 0.4) is 0 Å². The van der Waals surface area contributed by atoms with Gasteiger partial charge in [-0.2, -0.15) is 0 Å². The number of piperazine rings is 1. The molecule has 1 unspecified atom stereocenters.